The Bertz CT molecular complexity index is 70.6. The van der Waals surface area contributed by atoms with Gasteiger partial charge in [0.05, 0.1) is 6.61 Å². The van der Waals surface area contributed by atoms with Gasteiger partial charge in [0, 0.05) is 6.54 Å². The topological polar surface area (TPSA) is 21.3 Å². The molecule has 1 heterocycles. The van der Waals surface area contributed by atoms with Crippen molar-refractivity contribution in [1.29, 1.82) is 0 Å². The van der Waals surface area contributed by atoms with E-state index in [9.17, 15) is 0 Å². The Hall–Kier alpha value is -0.340. The second-order valence-corrected chi connectivity index (χ2v) is 1.79. The molecule has 2 heteroatoms. The van der Waals surface area contributed by atoms with Crippen LogP contribution in [0.2, 0.25) is 0 Å². The van der Waals surface area contributed by atoms with E-state index in [1.807, 2.05) is 0 Å². The van der Waals surface area contributed by atoms with Crippen molar-refractivity contribution in [2.75, 3.05) is 13.2 Å². The molecular weight excluding hydrogens is 102 g/mol. The van der Waals surface area contributed by atoms with Gasteiger partial charge in [0.2, 0.25) is 0 Å². The van der Waals surface area contributed by atoms with Crippen molar-refractivity contribution in [1.82, 2.24) is 5.48 Å². The molecule has 0 saturated carbocycles. The molecule has 1 rings (SSSR count). The highest BCUT2D eigenvalue weighted by Gasteiger charge is 1.87. The zero-order chi connectivity index (χ0) is 5.66. The average molecular weight is 113 g/mol. The van der Waals surface area contributed by atoms with E-state index >= 15 is 0 Å². The van der Waals surface area contributed by atoms with Gasteiger partial charge in [0.1, 0.15) is 0 Å². The molecule has 0 aliphatic carbocycles. The van der Waals surface area contributed by atoms with Crippen LogP contribution >= 0.6 is 0 Å². The fourth-order valence-corrected chi connectivity index (χ4v) is 0.649. The van der Waals surface area contributed by atoms with Gasteiger partial charge in [-0.05, 0) is 12.8 Å². The molecule has 0 spiro atoms. The van der Waals surface area contributed by atoms with Crippen molar-refractivity contribution in [2.45, 2.75) is 12.8 Å². The van der Waals surface area contributed by atoms with E-state index in [0.717, 1.165) is 26.0 Å². The summed E-state index contributed by atoms with van der Waals surface area (Å²) in [5.41, 5.74) is 2.84. The van der Waals surface area contributed by atoms with E-state index in [0.29, 0.717) is 0 Å². The van der Waals surface area contributed by atoms with Gasteiger partial charge in [-0.25, -0.2) is 5.48 Å². The molecule has 46 valence electrons. The van der Waals surface area contributed by atoms with Gasteiger partial charge >= 0.3 is 0 Å². The molecule has 0 saturated heterocycles. The van der Waals surface area contributed by atoms with E-state index in [4.69, 9.17) is 4.84 Å². The predicted molar refractivity (Wildman–Crippen MR) is 32.3 cm³/mol. The van der Waals surface area contributed by atoms with Gasteiger partial charge < -0.3 is 4.84 Å². The molecule has 1 aliphatic heterocycles. The van der Waals surface area contributed by atoms with Crippen molar-refractivity contribution >= 4 is 0 Å². The first-order chi connectivity index (χ1) is 4.00. The summed E-state index contributed by atoms with van der Waals surface area (Å²) in [6.45, 7) is 1.74. The van der Waals surface area contributed by atoms with Crippen LogP contribution in [0, 0.1) is 0 Å². The fraction of sp³-hybridized carbons (Fsp3) is 0.667. The fourth-order valence-electron chi connectivity index (χ4n) is 0.649. The average Bonchev–Trinajstić information content (AvgIpc) is 1.62. The zero-order valence-electron chi connectivity index (χ0n) is 4.89. The van der Waals surface area contributed by atoms with Crippen LogP contribution in [-0.4, -0.2) is 13.2 Å². The number of hydrogen-bond acceptors (Lipinski definition) is 2. The van der Waals surface area contributed by atoms with Crippen LogP contribution in [0.25, 0.3) is 0 Å². The molecule has 0 aromatic carbocycles. The van der Waals surface area contributed by atoms with Crippen molar-refractivity contribution in [3.8, 4) is 0 Å². The highest BCUT2D eigenvalue weighted by molar-refractivity contribution is 4.82. The predicted octanol–water partition coefficient (Wildman–Crippen LogP) is 0.858. The summed E-state index contributed by atoms with van der Waals surface area (Å²) in [5.74, 6) is 0. The number of hydrogen-bond donors (Lipinski definition) is 1. The SMILES string of the molecule is C1=C\CCONCC/1. The Morgan fingerprint density at radius 2 is 2.12 bits per heavy atom. The van der Waals surface area contributed by atoms with Crippen LogP contribution in [-0.2, 0) is 4.84 Å². The molecule has 1 aliphatic rings. The summed E-state index contributed by atoms with van der Waals surface area (Å²) < 4.78 is 0. The van der Waals surface area contributed by atoms with Crippen molar-refractivity contribution in [3.63, 3.8) is 0 Å². The molecule has 0 bridgehead atoms. The first kappa shape index (κ1) is 5.79. The summed E-state index contributed by atoms with van der Waals surface area (Å²) in [7, 11) is 0. The highest BCUT2D eigenvalue weighted by Crippen LogP contribution is 1.90. The molecular formula is C6H11NO. The van der Waals surface area contributed by atoms with Crippen LogP contribution in [0.4, 0.5) is 0 Å². The van der Waals surface area contributed by atoms with Crippen LogP contribution in [0.1, 0.15) is 12.8 Å². The molecule has 0 radical (unpaired) electrons. The molecule has 0 fully saturated rings. The second-order valence-electron chi connectivity index (χ2n) is 1.79. The summed E-state index contributed by atoms with van der Waals surface area (Å²) in [6.07, 6.45) is 6.45. The third-order valence-corrected chi connectivity index (χ3v) is 1.07. The van der Waals surface area contributed by atoms with Gasteiger partial charge in [-0.2, -0.15) is 0 Å². The molecule has 2 nitrogen and oxygen atoms in total. The Morgan fingerprint density at radius 1 is 1.25 bits per heavy atom. The lowest BCUT2D eigenvalue weighted by Gasteiger charge is -2.04. The van der Waals surface area contributed by atoms with Crippen molar-refractivity contribution in [3.05, 3.63) is 12.2 Å². The van der Waals surface area contributed by atoms with E-state index in [1.54, 1.807) is 0 Å². The van der Waals surface area contributed by atoms with Crippen LogP contribution in [0.5, 0.6) is 0 Å². The maximum Gasteiger partial charge on any atom is 0.0716 e. The number of rotatable bonds is 0. The van der Waals surface area contributed by atoms with Crippen LogP contribution in [0.15, 0.2) is 12.2 Å². The van der Waals surface area contributed by atoms with Gasteiger partial charge in [0.25, 0.3) is 0 Å². The van der Waals surface area contributed by atoms with Gasteiger partial charge in [-0.15, -0.1) is 0 Å². The highest BCUT2D eigenvalue weighted by atomic mass is 16.6. The van der Waals surface area contributed by atoms with Crippen LogP contribution < -0.4 is 5.48 Å². The van der Waals surface area contributed by atoms with E-state index < -0.39 is 0 Å². The summed E-state index contributed by atoms with van der Waals surface area (Å²) >= 11 is 0. The molecule has 0 aromatic rings. The first-order valence-corrected chi connectivity index (χ1v) is 3.00. The molecule has 8 heavy (non-hydrogen) atoms. The lowest BCUT2D eigenvalue weighted by atomic mass is 10.3. The monoisotopic (exact) mass is 113 g/mol. The number of nitrogens with one attached hydrogen (secondary N) is 1. The van der Waals surface area contributed by atoms with Crippen molar-refractivity contribution in [2.24, 2.45) is 0 Å². The minimum absolute atomic E-state index is 0.802. The Balaban J connectivity index is 2.17. The van der Waals surface area contributed by atoms with E-state index in [-0.39, 0.29) is 0 Å². The summed E-state index contributed by atoms with van der Waals surface area (Å²) in [6, 6.07) is 0. The third kappa shape index (κ3) is 2.09. The largest absolute Gasteiger partial charge is 0.301 e. The Kier molecular flexibility index (Phi) is 2.63. The normalized spacial score (nSPS) is 26.0. The first-order valence-electron chi connectivity index (χ1n) is 3.00. The summed E-state index contributed by atoms with van der Waals surface area (Å²) in [5, 5.41) is 0. The van der Waals surface area contributed by atoms with E-state index in [1.165, 1.54) is 0 Å². The second kappa shape index (κ2) is 3.64. The standard InChI is InChI=1S/C6H11NO/c1-2-4-6-8-7-5-3-1/h1-2,7H,3-6H2/b2-1-. The quantitative estimate of drug-likeness (QED) is 0.470. The summed E-state index contributed by atoms with van der Waals surface area (Å²) in [4.78, 5) is 4.97. The number of hydroxylamine groups is 1. The molecule has 0 aromatic heterocycles. The smallest absolute Gasteiger partial charge is 0.0716 e. The van der Waals surface area contributed by atoms with Gasteiger partial charge in [-0.1, -0.05) is 12.2 Å². The molecule has 0 atom stereocenters. The maximum absolute atomic E-state index is 4.97. The van der Waals surface area contributed by atoms with Crippen LogP contribution in [0.3, 0.4) is 0 Å². The third-order valence-electron chi connectivity index (χ3n) is 1.07. The lowest BCUT2D eigenvalue weighted by molar-refractivity contribution is 0.0438. The van der Waals surface area contributed by atoms with Gasteiger partial charge in [0.15, 0.2) is 0 Å². The minimum Gasteiger partial charge on any atom is -0.301 e. The molecule has 1 N–H and O–H groups in total. The molecule has 0 unspecified atom stereocenters. The molecule has 0 amide bonds. The van der Waals surface area contributed by atoms with Crippen molar-refractivity contribution < 1.29 is 4.84 Å². The Morgan fingerprint density at radius 3 is 3.12 bits per heavy atom. The Labute approximate surface area is 49.5 Å². The van der Waals surface area contributed by atoms with Gasteiger partial charge in [-0.3, -0.25) is 0 Å². The minimum atomic E-state index is 0.802. The van der Waals surface area contributed by atoms with E-state index in [2.05, 4.69) is 17.6 Å². The maximum atomic E-state index is 4.97. The zero-order valence-corrected chi connectivity index (χ0v) is 4.89. The lowest BCUT2D eigenvalue weighted by Crippen LogP contribution is -2.17.